The third kappa shape index (κ3) is 5.02. The predicted molar refractivity (Wildman–Crippen MR) is 105 cm³/mol. The molecule has 1 aromatic heterocycles. The van der Waals surface area contributed by atoms with Crippen molar-refractivity contribution in [2.24, 2.45) is 5.92 Å². The maximum atomic E-state index is 14.5. The summed E-state index contributed by atoms with van der Waals surface area (Å²) in [4.78, 5) is 9.22. The molecule has 0 unspecified atom stereocenters. The number of hydrogen-bond donors (Lipinski definition) is 1. The van der Waals surface area contributed by atoms with E-state index in [1.807, 2.05) is 12.1 Å². The number of pyridine rings is 1. The Labute approximate surface area is 155 Å². The Kier molecular flexibility index (Phi) is 6.22. The Morgan fingerprint density at radius 3 is 2.46 bits per heavy atom. The van der Waals surface area contributed by atoms with Crippen LogP contribution in [0.15, 0.2) is 36.4 Å². The Morgan fingerprint density at radius 2 is 1.81 bits per heavy atom. The van der Waals surface area contributed by atoms with Crippen LogP contribution < -0.4 is 5.73 Å². The largest absolute Gasteiger partial charge is 0.384 e. The first-order valence-corrected chi connectivity index (χ1v) is 9.47. The molecule has 1 aliphatic rings. The van der Waals surface area contributed by atoms with Crippen molar-refractivity contribution in [1.82, 2.24) is 14.8 Å². The van der Waals surface area contributed by atoms with Gasteiger partial charge < -0.3 is 15.5 Å². The second-order valence-corrected chi connectivity index (χ2v) is 7.55. The van der Waals surface area contributed by atoms with Crippen molar-refractivity contribution in [3.05, 3.63) is 47.8 Å². The number of anilines is 1. The summed E-state index contributed by atoms with van der Waals surface area (Å²) in [5.41, 5.74) is 7.81. The van der Waals surface area contributed by atoms with Crippen molar-refractivity contribution in [3.8, 4) is 11.3 Å². The molecule has 2 N–H and O–H groups in total. The molecule has 2 heterocycles. The van der Waals surface area contributed by atoms with Crippen molar-refractivity contribution >= 4 is 5.82 Å². The zero-order chi connectivity index (χ0) is 18.5. The molecule has 0 bridgehead atoms. The molecule has 1 fully saturated rings. The summed E-state index contributed by atoms with van der Waals surface area (Å²) in [5.74, 6) is 0.891. The molecule has 1 aliphatic heterocycles. The van der Waals surface area contributed by atoms with Crippen LogP contribution in [-0.2, 0) is 6.42 Å². The van der Waals surface area contributed by atoms with Gasteiger partial charge in [-0.15, -0.1) is 0 Å². The molecule has 0 aliphatic carbocycles. The van der Waals surface area contributed by atoms with E-state index in [9.17, 15) is 4.39 Å². The van der Waals surface area contributed by atoms with Gasteiger partial charge in [0.1, 0.15) is 11.6 Å². The molecule has 1 aromatic carbocycles. The molecule has 0 radical (unpaired) electrons. The van der Waals surface area contributed by atoms with E-state index in [-0.39, 0.29) is 5.82 Å². The zero-order valence-electron chi connectivity index (χ0n) is 15.8. The summed E-state index contributed by atoms with van der Waals surface area (Å²) >= 11 is 0. The molecule has 26 heavy (non-hydrogen) atoms. The van der Waals surface area contributed by atoms with Crippen LogP contribution in [0.5, 0.6) is 0 Å². The van der Waals surface area contributed by atoms with Crippen molar-refractivity contribution < 1.29 is 4.39 Å². The summed E-state index contributed by atoms with van der Waals surface area (Å²) in [6.07, 6.45) is 0.867. The third-order valence-electron chi connectivity index (χ3n) is 4.89. The first kappa shape index (κ1) is 18.8. The van der Waals surface area contributed by atoms with Crippen molar-refractivity contribution in [3.63, 3.8) is 0 Å². The molecule has 0 saturated carbocycles. The fourth-order valence-electron chi connectivity index (χ4n) is 3.52. The number of nitrogens with zero attached hydrogens (tertiary/aromatic N) is 3. The average molecular weight is 356 g/mol. The number of halogens is 1. The van der Waals surface area contributed by atoms with Crippen LogP contribution in [0.4, 0.5) is 10.2 Å². The summed E-state index contributed by atoms with van der Waals surface area (Å²) in [7, 11) is 0. The quantitative estimate of drug-likeness (QED) is 0.863. The monoisotopic (exact) mass is 356 g/mol. The van der Waals surface area contributed by atoms with Crippen molar-refractivity contribution in [2.75, 3.05) is 45.0 Å². The smallest absolute Gasteiger partial charge is 0.132 e. The minimum absolute atomic E-state index is 0.234. The molecular weight excluding hydrogens is 327 g/mol. The number of benzene rings is 1. The van der Waals surface area contributed by atoms with Crippen LogP contribution in [0.2, 0.25) is 0 Å². The SMILES string of the molecule is CC(C)CN1CCN(CCc2ccc(-c3cccc(N)n3)c(F)c2)CC1. The maximum Gasteiger partial charge on any atom is 0.132 e. The second kappa shape index (κ2) is 8.60. The number of nitrogens with two attached hydrogens (primary N) is 1. The average Bonchev–Trinajstić information content (AvgIpc) is 2.61. The van der Waals surface area contributed by atoms with E-state index in [0.29, 0.717) is 17.1 Å². The topological polar surface area (TPSA) is 45.4 Å². The molecule has 1 saturated heterocycles. The van der Waals surface area contributed by atoms with Gasteiger partial charge in [-0.3, -0.25) is 0 Å². The predicted octanol–water partition coefficient (Wildman–Crippen LogP) is 3.29. The van der Waals surface area contributed by atoms with E-state index in [4.69, 9.17) is 5.73 Å². The maximum absolute atomic E-state index is 14.5. The second-order valence-electron chi connectivity index (χ2n) is 7.55. The first-order valence-electron chi connectivity index (χ1n) is 9.47. The van der Waals surface area contributed by atoms with Crippen molar-refractivity contribution in [1.29, 1.82) is 0 Å². The molecule has 5 heteroatoms. The number of hydrogen-bond acceptors (Lipinski definition) is 4. The van der Waals surface area contributed by atoms with Crippen LogP contribution in [0.3, 0.4) is 0 Å². The lowest BCUT2D eigenvalue weighted by Crippen LogP contribution is -2.47. The molecule has 3 rings (SSSR count). The fourth-order valence-corrected chi connectivity index (χ4v) is 3.52. The number of nitrogen functional groups attached to an aromatic ring is 1. The summed E-state index contributed by atoms with van der Waals surface area (Å²) in [6.45, 7) is 11.2. The van der Waals surface area contributed by atoms with E-state index in [1.165, 1.54) is 6.54 Å². The fraction of sp³-hybridized carbons (Fsp3) is 0.476. The minimum atomic E-state index is -0.234. The van der Waals surface area contributed by atoms with Gasteiger partial charge in [-0.05, 0) is 42.2 Å². The van der Waals surface area contributed by atoms with Gasteiger partial charge >= 0.3 is 0 Å². The number of piperazine rings is 1. The van der Waals surface area contributed by atoms with Gasteiger partial charge in [0.2, 0.25) is 0 Å². The van der Waals surface area contributed by atoms with Gasteiger partial charge in [0, 0.05) is 44.8 Å². The first-order chi connectivity index (χ1) is 12.5. The molecule has 0 atom stereocenters. The highest BCUT2D eigenvalue weighted by Gasteiger charge is 2.17. The molecule has 0 spiro atoms. The number of rotatable bonds is 6. The highest BCUT2D eigenvalue weighted by Crippen LogP contribution is 2.23. The van der Waals surface area contributed by atoms with Crippen LogP contribution in [0, 0.1) is 11.7 Å². The zero-order valence-corrected chi connectivity index (χ0v) is 15.8. The molecule has 0 amide bonds. The summed E-state index contributed by atoms with van der Waals surface area (Å²) < 4.78 is 14.5. The van der Waals surface area contributed by atoms with Crippen LogP contribution in [0.25, 0.3) is 11.3 Å². The third-order valence-corrected chi connectivity index (χ3v) is 4.89. The van der Waals surface area contributed by atoms with Gasteiger partial charge in [0.05, 0.1) is 5.69 Å². The molecule has 140 valence electrons. The minimum Gasteiger partial charge on any atom is -0.384 e. The molecule has 2 aromatic rings. The lowest BCUT2D eigenvalue weighted by molar-refractivity contribution is 0.123. The Hall–Kier alpha value is -1.98. The Bertz CT molecular complexity index is 724. The van der Waals surface area contributed by atoms with Crippen LogP contribution >= 0.6 is 0 Å². The highest BCUT2D eigenvalue weighted by atomic mass is 19.1. The van der Waals surface area contributed by atoms with E-state index >= 15 is 0 Å². The van der Waals surface area contributed by atoms with Crippen LogP contribution in [0.1, 0.15) is 19.4 Å². The van der Waals surface area contributed by atoms with E-state index in [2.05, 4.69) is 28.6 Å². The molecule has 4 nitrogen and oxygen atoms in total. The van der Waals surface area contributed by atoms with Crippen molar-refractivity contribution in [2.45, 2.75) is 20.3 Å². The Morgan fingerprint density at radius 1 is 1.08 bits per heavy atom. The van der Waals surface area contributed by atoms with Gasteiger partial charge in [-0.2, -0.15) is 0 Å². The van der Waals surface area contributed by atoms with E-state index in [1.54, 1.807) is 24.3 Å². The number of aromatic nitrogens is 1. The van der Waals surface area contributed by atoms with Gasteiger partial charge in [-0.1, -0.05) is 26.0 Å². The molecular formula is C21H29FN4. The van der Waals surface area contributed by atoms with E-state index < -0.39 is 0 Å². The summed E-state index contributed by atoms with van der Waals surface area (Å²) in [6, 6.07) is 10.7. The van der Waals surface area contributed by atoms with E-state index in [0.717, 1.165) is 50.6 Å². The highest BCUT2D eigenvalue weighted by molar-refractivity contribution is 5.62. The lowest BCUT2D eigenvalue weighted by atomic mass is 10.1. The standard InChI is InChI=1S/C21H29FN4/c1-16(2)15-26-12-10-25(11-13-26)9-8-17-6-7-18(19(22)14-17)20-4-3-5-21(23)24-20/h3-7,14,16H,8-13,15H2,1-2H3,(H2,23,24). The lowest BCUT2D eigenvalue weighted by Gasteiger charge is -2.35. The van der Waals surface area contributed by atoms with Gasteiger partial charge in [0.15, 0.2) is 0 Å². The van der Waals surface area contributed by atoms with Gasteiger partial charge in [-0.25, -0.2) is 9.37 Å². The normalized spacial score (nSPS) is 16.3. The van der Waals surface area contributed by atoms with Gasteiger partial charge in [0.25, 0.3) is 0 Å². The Balaban J connectivity index is 1.54. The van der Waals surface area contributed by atoms with Crippen LogP contribution in [-0.4, -0.2) is 54.1 Å². The summed E-state index contributed by atoms with van der Waals surface area (Å²) in [5, 5.41) is 0.